The number of rotatable bonds is 5. The predicted molar refractivity (Wildman–Crippen MR) is 108 cm³/mol. The van der Waals surface area contributed by atoms with E-state index < -0.39 is 5.97 Å². The van der Waals surface area contributed by atoms with Gasteiger partial charge in [-0.3, -0.25) is 9.78 Å². The summed E-state index contributed by atoms with van der Waals surface area (Å²) in [6, 6.07) is 14.3. The average Bonchev–Trinajstić information content (AvgIpc) is 2.77. The fraction of sp³-hybridized carbons (Fsp3) is 0.238. The number of piperazine rings is 1. The molecule has 3 rings (SSSR count). The average molecular weight is 394 g/mol. The van der Waals surface area contributed by atoms with E-state index in [4.69, 9.17) is 4.74 Å². The zero-order chi connectivity index (χ0) is 20.5. The molecule has 1 fully saturated rings. The minimum Gasteiger partial charge on any atom is -0.452 e. The second kappa shape index (κ2) is 10.0. The Hall–Kier alpha value is -3.68. The lowest BCUT2D eigenvalue weighted by atomic mass is 10.3. The van der Waals surface area contributed by atoms with Crippen LogP contribution in [-0.4, -0.2) is 65.5 Å². The van der Waals surface area contributed by atoms with Crippen LogP contribution in [0, 0.1) is 0 Å². The predicted octanol–water partition coefficient (Wildman–Crippen LogP) is 2.01. The number of nitrogens with one attached hydrogen (secondary N) is 1. The van der Waals surface area contributed by atoms with Crippen LogP contribution in [0.2, 0.25) is 0 Å². The fourth-order valence-corrected chi connectivity index (χ4v) is 2.78. The van der Waals surface area contributed by atoms with Gasteiger partial charge in [0.1, 0.15) is 0 Å². The van der Waals surface area contributed by atoms with Crippen LogP contribution in [0.25, 0.3) is 6.08 Å². The molecule has 0 spiro atoms. The maximum absolute atomic E-state index is 12.3. The number of esters is 1. The number of amides is 3. The molecule has 1 aromatic heterocycles. The van der Waals surface area contributed by atoms with Crippen molar-refractivity contribution in [2.75, 3.05) is 38.1 Å². The number of carbonyl (C=O) groups is 3. The van der Waals surface area contributed by atoms with Gasteiger partial charge >= 0.3 is 12.0 Å². The van der Waals surface area contributed by atoms with Crippen LogP contribution in [0.4, 0.5) is 10.5 Å². The summed E-state index contributed by atoms with van der Waals surface area (Å²) in [4.78, 5) is 43.6. The molecule has 0 atom stereocenters. The lowest BCUT2D eigenvalue weighted by Crippen LogP contribution is -2.52. The zero-order valence-electron chi connectivity index (χ0n) is 15.9. The molecule has 1 aliphatic rings. The van der Waals surface area contributed by atoms with E-state index in [1.54, 1.807) is 34.2 Å². The Labute approximate surface area is 168 Å². The van der Waals surface area contributed by atoms with Gasteiger partial charge in [0.15, 0.2) is 6.61 Å². The maximum atomic E-state index is 12.3. The van der Waals surface area contributed by atoms with E-state index in [1.807, 2.05) is 30.3 Å². The molecule has 3 amide bonds. The molecule has 2 heterocycles. The Bertz CT molecular complexity index is 863. The lowest BCUT2D eigenvalue weighted by molar-refractivity contribution is -0.148. The molecule has 0 unspecified atom stereocenters. The van der Waals surface area contributed by atoms with Crippen LogP contribution in [0.3, 0.4) is 0 Å². The Morgan fingerprint density at radius 2 is 1.66 bits per heavy atom. The summed E-state index contributed by atoms with van der Waals surface area (Å²) in [6.07, 6.45) is 4.38. The van der Waals surface area contributed by atoms with E-state index in [9.17, 15) is 14.4 Å². The minimum atomic E-state index is -0.607. The van der Waals surface area contributed by atoms with Gasteiger partial charge in [-0.15, -0.1) is 0 Å². The number of aromatic nitrogens is 1. The number of benzene rings is 1. The summed E-state index contributed by atoms with van der Waals surface area (Å²) in [7, 11) is 0. The summed E-state index contributed by atoms with van der Waals surface area (Å²) >= 11 is 0. The standard InChI is InChI=1S/C21H22N4O4/c26-19(16-29-20(27)10-9-17-6-4-5-11-22-17)24-12-14-25(15-13-24)21(28)23-18-7-2-1-3-8-18/h1-11H,12-16H2,(H,23,28). The molecular weight excluding hydrogens is 372 g/mol. The summed E-state index contributed by atoms with van der Waals surface area (Å²) < 4.78 is 4.99. The van der Waals surface area contributed by atoms with E-state index in [0.717, 1.165) is 5.69 Å². The summed E-state index contributed by atoms with van der Waals surface area (Å²) in [5.41, 5.74) is 1.35. The molecule has 0 radical (unpaired) electrons. The van der Waals surface area contributed by atoms with Gasteiger partial charge < -0.3 is 19.9 Å². The van der Waals surface area contributed by atoms with E-state index in [-0.39, 0.29) is 18.5 Å². The van der Waals surface area contributed by atoms with Crippen LogP contribution in [-0.2, 0) is 14.3 Å². The van der Waals surface area contributed by atoms with Crippen LogP contribution in [0.15, 0.2) is 60.8 Å². The van der Waals surface area contributed by atoms with Crippen LogP contribution in [0.5, 0.6) is 0 Å². The molecular formula is C21H22N4O4. The molecule has 2 aromatic rings. The highest BCUT2D eigenvalue weighted by atomic mass is 16.5. The van der Waals surface area contributed by atoms with Gasteiger partial charge in [-0.25, -0.2) is 9.59 Å². The third-order valence-corrected chi connectivity index (χ3v) is 4.36. The Balaban J connectivity index is 1.39. The molecule has 8 nitrogen and oxygen atoms in total. The van der Waals surface area contributed by atoms with Gasteiger partial charge in [-0.2, -0.15) is 0 Å². The molecule has 1 saturated heterocycles. The number of pyridine rings is 1. The van der Waals surface area contributed by atoms with Gasteiger partial charge in [0.05, 0.1) is 5.69 Å². The second-order valence-corrected chi connectivity index (χ2v) is 6.36. The summed E-state index contributed by atoms with van der Waals surface area (Å²) in [6.45, 7) is 1.28. The van der Waals surface area contributed by atoms with E-state index in [1.165, 1.54) is 12.2 Å². The highest BCUT2D eigenvalue weighted by Crippen LogP contribution is 2.09. The normalized spacial score (nSPS) is 13.9. The van der Waals surface area contributed by atoms with Gasteiger partial charge in [-0.1, -0.05) is 24.3 Å². The van der Waals surface area contributed by atoms with Gasteiger partial charge in [0.25, 0.3) is 5.91 Å². The van der Waals surface area contributed by atoms with Crippen molar-refractivity contribution < 1.29 is 19.1 Å². The number of anilines is 1. The van der Waals surface area contributed by atoms with Crippen molar-refractivity contribution in [2.45, 2.75) is 0 Å². The topological polar surface area (TPSA) is 91.8 Å². The van der Waals surface area contributed by atoms with Gasteiger partial charge in [0.2, 0.25) is 0 Å². The Morgan fingerprint density at radius 1 is 0.966 bits per heavy atom. The van der Waals surface area contributed by atoms with Gasteiger partial charge in [-0.05, 0) is 30.3 Å². The number of ether oxygens (including phenoxy) is 1. The summed E-state index contributed by atoms with van der Waals surface area (Å²) in [5.74, 6) is -0.891. The largest absolute Gasteiger partial charge is 0.452 e. The van der Waals surface area contributed by atoms with Crippen molar-refractivity contribution in [3.63, 3.8) is 0 Å². The Morgan fingerprint density at radius 3 is 2.34 bits per heavy atom. The van der Waals surface area contributed by atoms with Gasteiger partial charge in [0, 0.05) is 44.1 Å². The van der Waals surface area contributed by atoms with E-state index >= 15 is 0 Å². The number of urea groups is 1. The van der Waals surface area contributed by atoms with Crippen molar-refractivity contribution in [3.8, 4) is 0 Å². The van der Waals surface area contributed by atoms with Crippen molar-refractivity contribution >= 4 is 29.7 Å². The molecule has 29 heavy (non-hydrogen) atoms. The van der Waals surface area contributed by atoms with Crippen LogP contribution in [0.1, 0.15) is 5.69 Å². The molecule has 1 aromatic carbocycles. The molecule has 0 saturated carbocycles. The maximum Gasteiger partial charge on any atom is 0.331 e. The molecule has 0 aliphatic carbocycles. The van der Waals surface area contributed by atoms with Crippen molar-refractivity contribution in [1.82, 2.24) is 14.8 Å². The third kappa shape index (κ3) is 6.17. The number of carbonyl (C=O) groups excluding carboxylic acids is 3. The van der Waals surface area contributed by atoms with E-state index in [2.05, 4.69) is 10.3 Å². The Kier molecular flexibility index (Phi) is 6.94. The SMILES string of the molecule is O=C(C=Cc1ccccn1)OCC(=O)N1CCN(C(=O)Nc2ccccc2)CC1. The second-order valence-electron chi connectivity index (χ2n) is 6.36. The quantitative estimate of drug-likeness (QED) is 0.619. The lowest BCUT2D eigenvalue weighted by Gasteiger charge is -2.34. The monoisotopic (exact) mass is 394 g/mol. The number of para-hydroxylation sites is 1. The molecule has 1 aliphatic heterocycles. The number of nitrogens with zero attached hydrogens (tertiary/aromatic N) is 3. The molecule has 0 bridgehead atoms. The molecule has 1 N–H and O–H groups in total. The zero-order valence-corrected chi connectivity index (χ0v) is 15.9. The third-order valence-electron chi connectivity index (χ3n) is 4.36. The fourth-order valence-electron chi connectivity index (χ4n) is 2.78. The highest BCUT2D eigenvalue weighted by molar-refractivity contribution is 5.90. The first-order valence-electron chi connectivity index (χ1n) is 9.26. The smallest absolute Gasteiger partial charge is 0.331 e. The number of hydrogen-bond donors (Lipinski definition) is 1. The van der Waals surface area contributed by atoms with Crippen molar-refractivity contribution in [1.29, 1.82) is 0 Å². The van der Waals surface area contributed by atoms with E-state index in [0.29, 0.717) is 31.9 Å². The molecule has 150 valence electrons. The summed E-state index contributed by atoms with van der Waals surface area (Å²) in [5, 5.41) is 2.82. The van der Waals surface area contributed by atoms with Crippen LogP contribution < -0.4 is 5.32 Å². The first kappa shape index (κ1) is 20.1. The van der Waals surface area contributed by atoms with Crippen molar-refractivity contribution in [2.24, 2.45) is 0 Å². The number of hydrogen-bond acceptors (Lipinski definition) is 5. The first-order valence-corrected chi connectivity index (χ1v) is 9.26. The molecule has 8 heteroatoms. The first-order chi connectivity index (χ1) is 14.1. The van der Waals surface area contributed by atoms with Crippen molar-refractivity contribution in [3.05, 3.63) is 66.5 Å². The van der Waals surface area contributed by atoms with Crippen LogP contribution >= 0.6 is 0 Å². The minimum absolute atomic E-state index is 0.200. The highest BCUT2D eigenvalue weighted by Gasteiger charge is 2.24.